The van der Waals surface area contributed by atoms with Crippen molar-refractivity contribution in [1.82, 2.24) is 0 Å². The Morgan fingerprint density at radius 1 is 1.22 bits per heavy atom. The summed E-state index contributed by atoms with van der Waals surface area (Å²) in [5.74, 6) is -0.151. The lowest BCUT2D eigenvalue weighted by Gasteiger charge is -2.08. The van der Waals surface area contributed by atoms with Gasteiger partial charge in [0.25, 0.3) is 5.91 Å². The lowest BCUT2D eigenvalue weighted by Crippen LogP contribution is -2.12. The van der Waals surface area contributed by atoms with Crippen LogP contribution in [-0.4, -0.2) is 5.91 Å². The quantitative estimate of drug-likeness (QED) is 0.855. The predicted molar refractivity (Wildman–Crippen MR) is 78.3 cm³/mol. The molecule has 1 amide bonds. The van der Waals surface area contributed by atoms with Gasteiger partial charge >= 0.3 is 0 Å². The van der Waals surface area contributed by atoms with Gasteiger partial charge in [0.2, 0.25) is 0 Å². The van der Waals surface area contributed by atoms with E-state index in [-0.39, 0.29) is 5.91 Å². The Morgan fingerprint density at radius 2 is 1.94 bits per heavy atom. The largest absolute Gasteiger partial charge is 0.322 e. The van der Waals surface area contributed by atoms with Gasteiger partial charge in [0, 0.05) is 15.7 Å². The number of benzene rings is 2. The van der Waals surface area contributed by atoms with Crippen molar-refractivity contribution in [2.45, 2.75) is 6.92 Å². The summed E-state index contributed by atoms with van der Waals surface area (Å²) in [6.07, 6.45) is 0. The highest BCUT2D eigenvalue weighted by atomic mass is 79.9. The molecule has 1 N–H and O–H groups in total. The molecule has 2 nitrogen and oxygen atoms in total. The van der Waals surface area contributed by atoms with Crippen molar-refractivity contribution in [3.63, 3.8) is 0 Å². The molecule has 2 rings (SSSR count). The van der Waals surface area contributed by atoms with E-state index in [1.807, 2.05) is 31.2 Å². The zero-order chi connectivity index (χ0) is 13.1. The van der Waals surface area contributed by atoms with Crippen LogP contribution in [-0.2, 0) is 0 Å². The zero-order valence-electron chi connectivity index (χ0n) is 9.71. The number of hydrogen-bond acceptors (Lipinski definition) is 1. The first-order chi connectivity index (χ1) is 8.58. The molecule has 18 heavy (non-hydrogen) atoms. The molecule has 0 spiro atoms. The van der Waals surface area contributed by atoms with E-state index < -0.39 is 0 Å². The van der Waals surface area contributed by atoms with Gasteiger partial charge in [0.15, 0.2) is 0 Å². The Hall–Kier alpha value is -1.32. The van der Waals surface area contributed by atoms with Crippen molar-refractivity contribution in [3.8, 4) is 0 Å². The van der Waals surface area contributed by atoms with Crippen molar-refractivity contribution >= 4 is 39.1 Å². The molecule has 0 atom stereocenters. The first kappa shape index (κ1) is 13.1. The molecule has 0 fully saturated rings. The van der Waals surface area contributed by atoms with Crippen LogP contribution in [0.2, 0.25) is 5.02 Å². The van der Waals surface area contributed by atoms with Gasteiger partial charge in [0.1, 0.15) is 0 Å². The van der Waals surface area contributed by atoms with Crippen molar-refractivity contribution in [2.24, 2.45) is 0 Å². The standard InChI is InChI=1S/C14H11BrClNO/c1-9-4-2-3-5-13(9)17-14(18)10-6-7-12(16)11(15)8-10/h2-8H,1H3,(H,17,18). The maximum atomic E-state index is 12.1. The van der Waals surface area contributed by atoms with Gasteiger partial charge in [-0.15, -0.1) is 0 Å². The van der Waals surface area contributed by atoms with Crippen LogP contribution in [0.25, 0.3) is 0 Å². The van der Waals surface area contributed by atoms with Crippen molar-refractivity contribution in [2.75, 3.05) is 5.32 Å². The molecule has 0 saturated heterocycles. The summed E-state index contributed by atoms with van der Waals surface area (Å²) in [5, 5.41) is 3.46. The summed E-state index contributed by atoms with van der Waals surface area (Å²) in [6.45, 7) is 1.95. The van der Waals surface area contributed by atoms with E-state index in [1.54, 1.807) is 18.2 Å². The number of nitrogens with one attached hydrogen (secondary N) is 1. The van der Waals surface area contributed by atoms with E-state index in [0.717, 1.165) is 11.3 Å². The molecule has 0 aliphatic heterocycles. The van der Waals surface area contributed by atoms with Gasteiger partial charge in [-0.2, -0.15) is 0 Å². The predicted octanol–water partition coefficient (Wildman–Crippen LogP) is 4.66. The van der Waals surface area contributed by atoms with E-state index >= 15 is 0 Å². The second-order valence-electron chi connectivity index (χ2n) is 3.90. The highest BCUT2D eigenvalue weighted by Crippen LogP contribution is 2.24. The third kappa shape index (κ3) is 2.92. The molecule has 2 aromatic carbocycles. The summed E-state index contributed by atoms with van der Waals surface area (Å²) in [5.41, 5.74) is 2.40. The lowest BCUT2D eigenvalue weighted by molar-refractivity contribution is 0.102. The maximum absolute atomic E-state index is 12.1. The maximum Gasteiger partial charge on any atom is 0.255 e. The average Bonchev–Trinajstić information content (AvgIpc) is 2.35. The van der Waals surface area contributed by atoms with E-state index in [2.05, 4.69) is 21.2 Å². The summed E-state index contributed by atoms with van der Waals surface area (Å²) in [4.78, 5) is 12.1. The molecule has 92 valence electrons. The Morgan fingerprint density at radius 3 is 2.61 bits per heavy atom. The van der Waals surface area contributed by atoms with Crippen LogP contribution >= 0.6 is 27.5 Å². The highest BCUT2D eigenvalue weighted by Gasteiger charge is 2.09. The molecule has 0 aliphatic carbocycles. The van der Waals surface area contributed by atoms with Crippen molar-refractivity contribution < 1.29 is 4.79 Å². The molecule has 0 heterocycles. The van der Waals surface area contributed by atoms with Gasteiger partial charge in [0.05, 0.1) is 5.02 Å². The first-order valence-electron chi connectivity index (χ1n) is 5.40. The molecule has 0 unspecified atom stereocenters. The summed E-state index contributed by atoms with van der Waals surface area (Å²) in [7, 11) is 0. The second kappa shape index (κ2) is 5.55. The first-order valence-corrected chi connectivity index (χ1v) is 6.57. The summed E-state index contributed by atoms with van der Waals surface area (Å²) in [6, 6.07) is 12.7. The number of amides is 1. The minimum absolute atomic E-state index is 0.151. The van der Waals surface area contributed by atoms with Crippen LogP contribution in [0.1, 0.15) is 15.9 Å². The lowest BCUT2D eigenvalue weighted by atomic mass is 10.1. The van der Waals surface area contributed by atoms with Gasteiger partial charge in [-0.1, -0.05) is 29.8 Å². The summed E-state index contributed by atoms with van der Waals surface area (Å²) < 4.78 is 0.710. The number of aryl methyl sites for hydroxylation is 1. The smallest absolute Gasteiger partial charge is 0.255 e. The fourth-order valence-electron chi connectivity index (χ4n) is 1.55. The third-order valence-electron chi connectivity index (χ3n) is 2.58. The number of hydrogen-bond donors (Lipinski definition) is 1. The summed E-state index contributed by atoms with van der Waals surface area (Å²) >= 11 is 9.19. The SMILES string of the molecule is Cc1ccccc1NC(=O)c1ccc(Cl)c(Br)c1. The van der Waals surface area contributed by atoms with Gasteiger partial charge < -0.3 is 5.32 Å². The fraction of sp³-hybridized carbons (Fsp3) is 0.0714. The zero-order valence-corrected chi connectivity index (χ0v) is 12.0. The van der Waals surface area contributed by atoms with Crippen LogP contribution in [0.4, 0.5) is 5.69 Å². The Labute approximate surface area is 119 Å². The fourth-order valence-corrected chi connectivity index (χ4v) is 2.04. The molecule has 0 aromatic heterocycles. The number of para-hydroxylation sites is 1. The number of halogens is 2. The minimum Gasteiger partial charge on any atom is -0.322 e. The van der Waals surface area contributed by atoms with Crippen LogP contribution in [0.5, 0.6) is 0 Å². The highest BCUT2D eigenvalue weighted by molar-refractivity contribution is 9.10. The van der Waals surface area contributed by atoms with Crippen LogP contribution in [0, 0.1) is 6.92 Å². The monoisotopic (exact) mass is 323 g/mol. The Balaban J connectivity index is 2.22. The Bertz CT molecular complexity index is 598. The second-order valence-corrected chi connectivity index (χ2v) is 5.16. The molecule has 0 saturated carbocycles. The third-order valence-corrected chi connectivity index (χ3v) is 3.79. The van der Waals surface area contributed by atoms with Gasteiger partial charge in [-0.3, -0.25) is 4.79 Å². The average molecular weight is 325 g/mol. The molecule has 2 aromatic rings. The van der Waals surface area contributed by atoms with Crippen LogP contribution in [0.3, 0.4) is 0 Å². The van der Waals surface area contributed by atoms with Crippen LogP contribution < -0.4 is 5.32 Å². The van der Waals surface area contributed by atoms with E-state index in [1.165, 1.54) is 0 Å². The van der Waals surface area contributed by atoms with Crippen LogP contribution in [0.15, 0.2) is 46.9 Å². The molecular formula is C14H11BrClNO. The normalized spacial score (nSPS) is 10.2. The number of anilines is 1. The van der Waals surface area contributed by atoms with E-state index in [4.69, 9.17) is 11.6 Å². The topological polar surface area (TPSA) is 29.1 Å². The molecule has 0 aliphatic rings. The number of carbonyl (C=O) groups is 1. The van der Waals surface area contributed by atoms with Crippen molar-refractivity contribution in [3.05, 3.63) is 63.1 Å². The Kier molecular flexibility index (Phi) is 4.04. The molecule has 0 radical (unpaired) electrons. The molecule has 0 bridgehead atoms. The van der Waals surface area contributed by atoms with Crippen molar-refractivity contribution in [1.29, 1.82) is 0 Å². The molecule has 4 heteroatoms. The van der Waals surface area contributed by atoms with E-state index in [9.17, 15) is 4.79 Å². The van der Waals surface area contributed by atoms with Gasteiger partial charge in [-0.05, 0) is 52.7 Å². The minimum atomic E-state index is -0.151. The van der Waals surface area contributed by atoms with E-state index in [0.29, 0.717) is 15.1 Å². The number of rotatable bonds is 2. The van der Waals surface area contributed by atoms with Gasteiger partial charge in [-0.25, -0.2) is 0 Å². The molecular weight excluding hydrogens is 314 g/mol. The number of carbonyl (C=O) groups excluding carboxylic acids is 1.